The van der Waals surface area contributed by atoms with Crippen molar-refractivity contribution < 1.29 is 14.7 Å². The number of carbonyl (C=O) groups is 2. The van der Waals surface area contributed by atoms with Crippen molar-refractivity contribution in [2.24, 2.45) is 30.7 Å². The van der Waals surface area contributed by atoms with E-state index in [0.29, 0.717) is 0 Å². The summed E-state index contributed by atoms with van der Waals surface area (Å²) in [6, 6.07) is -0.182. The number of nitrogens with one attached hydrogen (secondary N) is 1. The third-order valence-corrected chi connectivity index (χ3v) is 5.15. The predicted octanol–water partition coefficient (Wildman–Crippen LogP) is 1.43. The summed E-state index contributed by atoms with van der Waals surface area (Å²) < 4.78 is 1.76. The maximum absolute atomic E-state index is 12.6. The van der Waals surface area contributed by atoms with Crippen LogP contribution in [-0.2, 0) is 16.6 Å². The van der Waals surface area contributed by atoms with E-state index >= 15 is 0 Å². The first-order valence-corrected chi connectivity index (χ1v) is 7.60. The van der Waals surface area contributed by atoms with E-state index < -0.39 is 17.8 Å². The summed E-state index contributed by atoms with van der Waals surface area (Å²) in [6.07, 6.45) is 6.46. The molecule has 1 aromatic rings. The van der Waals surface area contributed by atoms with Gasteiger partial charge in [-0.15, -0.1) is 0 Å². The van der Waals surface area contributed by atoms with Crippen molar-refractivity contribution in [2.75, 3.05) is 0 Å². The zero-order valence-electron chi connectivity index (χ0n) is 13.0. The van der Waals surface area contributed by atoms with Gasteiger partial charge in [-0.05, 0) is 32.1 Å². The van der Waals surface area contributed by atoms with Crippen molar-refractivity contribution in [1.82, 2.24) is 15.1 Å². The summed E-state index contributed by atoms with van der Waals surface area (Å²) in [5.41, 5.74) is 1.96. The van der Waals surface area contributed by atoms with Gasteiger partial charge in [0.05, 0.1) is 24.1 Å². The van der Waals surface area contributed by atoms with Gasteiger partial charge in [-0.25, -0.2) is 0 Å². The van der Waals surface area contributed by atoms with Crippen LogP contribution in [0.25, 0.3) is 0 Å². The fourth-order valence-electron chi connectivity index (χ4n) is 3.84. The van der Waals surface area contributed by atoms with Crippen LogP contribution in [0.4, 0.5) is 0 Å². The Balaban J connectivity index is 1.75. The number of allylic oxidation sites excluding steroid dienone is 2. The zero-order valence-corrected chi connectivity index (χ0v) is 13.0. The summed E-state index contributed by atoms with van der Waals surface area (Å²) in [6.45, 7) is 3.85. The molecular weight excluding hydrogens is 282 g/mol. The molecule has 0 aliphatic heterocycles. The summed E-state index contributed by atoms with van der Waals surface area (Å²) in [5.74, 6) is -2.06. The second-order valence-corrected chi connectivity index (χ2v) is 6.38. The molecule has 2 N–H and O–H groups in total. The minimum absolute atomic E-state index is 0.00585. The molecule has 0 spiro atoms. The van der Waals surface area contributed by atoms with Crippen LogP contribution >= 0.6 is 0 Å². The highest BCUT2D eigenvalue weighted by Gasteiger charge is 2.51. The number of carboxylic acid groups (broad SMARTS) is 1. The number of carboxylic acids is 1. The molecule has 5 atom stereocenters. The van der Waals surface area contributed by atoms with Crippen LogP contribution in [0.5, 0.6) is 0 Å². The Bertz CT molecular complexity index is 649. The molecule has 3 rings (SSSR count). The molecule has 6 nitrogen and oxygen atoms in total. The lowest BCUT2D eigenvalue weighted by Crippen LogP contribution is -2.41. The van der Waals surface area contributed by atoms with Crippen LogP contribution in [0.3, 0.4) is 0 Å². The van der Waals surface area contributed by atoms with Gasteiger partial charge >= 0.3 is 5.97 Å². The fourth-order valence-corrected chi connectivity index (χ4v) is 3.84. The molecule has 1 saturated carbocycles. The molecule has 0 radical (unpaired) electrons. The van der Waals surface area contributed by atoms with Crippen LogP contribution in [0.2, 0.25) is 0 Å². The van der Waals surface area contributed by atoms with Gasteiger partial charge < -0.3 is 10.4 Å². The van der Waals surface area contributed by atoms with Crippen molar-refractivity contribution in [3.63, 3.8) is 0 Å². The Kier molecular flexibility index (Phi) is 3.54. The van der Waals surface area contributed by atoms with E-state index in [1.807, 2.05) is 33.0 Å². The van der Waals surface area contributed by atoms with E-state index in [1.54, 1.807) is 10.9 Å². The summed E-state index contributed by atoms with van der Waals surface area (Å²) in [7, 11) is 1.86. The number of rotatable bonds is 4. The molecule has 22 heavy (non-hydrogen) atoms. The van der Waals surface area contributed by atoms with Crippen LogP contribution in [0.1, 0.15) is 30.6 Å². The number of aryl methyl sites for hydroxylation is 1. The Morgan fingerprint density at radius 2 is 2.00 bits per heavy atom. The number of aliphatic carboxylic acids is 1. The average Bonchev–Trinajstić information content (AvgIpc) is 3.14. The molecular formula is C16H21N3O3. The van der Waals surface area contributed by atoms with Gasteiger partial charge in [-0.1, -0.05) is 12.2 Å². The molecule has 1 heterocycles. The third-order valence-electron chi connectivity index (χ3n) is 5.15. The zero-order chi connectivity index (χ0) is 16.0. The maximum Gasteiger partial charge on any atom is 0.307 e. The predicted molar refractivity (Wildman–Crippen MR) is 79.9 cm³/mol. The van der Waals surface area contributed by atoms with E-state index in [2.05, 4.69) is 10.4 Å². The monoisotopic (exact) mass is 303 g/mol. The maximum atomic E-state index is 12.6. The van der Waals surface area contributed by atoms with Crippen LogP contribution in [0.15, 0.2) is 18.3 Å². The highest BCUT2D eigenvalue weighted by atomic mass is 16.4. The molecule has 6 heteroatoms. The largest absolute Gasteiger partial charge is 0.481 e. The van der Waals surface area contributed by atoms with Gasteiger partial charge in [0.2, 0.25) is 5.91 Å². The lowest BCUT2D eigenvalue weighted by molar-refractivity contribution is -0.148. The molecule has 1 aromatic heterocycles. The summed E-state index contributed by atoms with van der Waals surface area (Å²) >= 11 is 0. The Hall–Kier alpha value is -2.11. The van der Waals surface area contributed by atoms with Crippen molar-refractivity contribution in [2.45, 2.75) is 26.3 Å². The third kappa shape index (κ3) is 2.23. The van der Waals surface area contributed by atoms with Gasteiger partial charge in [0, 0.05) is 18.3 Å². The number of amides is 1. The van der Waals surface area contributed by atoms with Gasteiger partial charge in [0.25, 0.3) is 0 Å². The highest BCUT2D eigenvalue weighted by molar-refractivity contribution is 5.87. The molecule has 2 aliphatic carbocycles. The van der Waals surface area contributed by atoms with Gasteiger partial charge in [0.15, 0.2) is 0 Å². The second kappa shape index (κ2) is 5.26. The van der Waals surface area contributed by atoms with E-state index in [9.17, 15) is 14.7 Å². The number of carbonyl (C=O) groups excluding carboxylic acids is 1. The van der Waals surface area contributed by atoms with Crippen molar-refractivity contribution in [3.05, 3.63) is 29.6 Å². The Morgan fingerprint density at radius 3 is 2.55 bits per heavy atom. The molecule has 0 aromatic carbocycles. The minimum atomic E-state index is -0.873. The van der Waals surface area contributed by atoms with Crippen molar-refractivity contribution in [1.29, 1.82) is 0 Å². The first-order chi connectivity index (χ1) is 10.4. The molecule has 118 valence electrons. The number of hydrogen-bond acceptors (Lipinski definition) is 3. The first-order valence-electron chi connectivity index (χ1n) is 7.60. The fraction of sp³-hybridized carbons (Fsp3) is 0.562. The van der Waals surface area contributed by atoms with Gasteiger partial charge in [-0.2, -0.15) is 5.10 Å². The molecule has 2 bridgehead atoms. The average molecular weight is 303 g/mol. The quantitative estimate of drug-likeness (QED) is 0.824. The topological polar surface area (TPSA) is 84.2 Å². The molecule has 0 saturated heterocycles. The Labute approximate surface area is 129 Å². The van der Waals surface area contributed by atoms with Crippen LogP contribution < -0.4 is 5.32 Å². The van der Waals surface area contributed by atoms with Crippen molar-refractivity contribution in [3.8, 4) is 0 Å². The highest BCUT2D eigenvalue weighted by Crippen LogP contribution is 2.48. The van der Waals surface area contributed by atoms with Crippen LogP contribution in [-0.4, -0.2) is 26.8 Å². The summed E-state index contributed by atoms with van der Waals surface area (Å²) in [4.78, 5) is 24.1. The molecule has 5 unspecified atom stereocenters. The molecule has 2 aliphatic rings. The van der Waals surface area contributed by atoms with Gasteiger partial charge in [-0.3, -0.25) is 14.3 Å². The number of hydrogen-bond donors (Lipinski definition) is 2. The second-order valence-electron chi connectivity index (χ2n) is 6.38. The van der Waals surface area contributed by atoms with E-state index in [1.165, 1.54) is 0 Å². The molecule has 1 fully saturated rings. The van der Waals surface area contributed by atoms with E-state index in [-0.39, 0.29) is 23.8 Å². The normalized spacial score (nSPS) is 30.5. The smallest absolute Gasteiger partial charge is 0.307 e. The SMILES string of the molecule is Cc1c(C(C)NC(=O)C2C3C=CC(C3)C2C(=O)O)cnn1C. The first kappa shape index (κ1) is 14.8. The van der Waals surface area contributed by atoms with Crippen molar-refractivity contribution >= 4 is 11.9 Å². The number of nitrogens with zero attached hydrogens (tertiary/aromatic N) is 2. The van der Waals surface area contributed by atoms with Crippen LogP contribution in [0, 0.1) is 30.6 Å². The standard InChI is InChI=1S/C16H21N3O3/c1-8(12-7-17-19(3)9(12)2)18-15(20)13-10-4-5-11(6-10)14(13)16(21)22/h4-5,7-8,10-11,13-14H,6H2,1-3H3,(H,18,20)(H,21,22). The Morgan fingerprint density at radius 1 is 1.36 bits per heavy atom. The minimum Gasteiger partial charge on any atom is -0.481 e. The lowest BCUT2D eigenvalue weighted by Gasteiger charge is -2.25. The molecule has 1 amide bonds. The summed E-state index contributed by atoms with van der Waals surface area (Å²) in [5, 5.41) is 16.6. The lowest BCUT2D eigenvalue weighted by atomic mass is 9.82. The number of aromatic nitrogens is 2. The van der Waals surface area contributed by atoms with Gasteiger partial charge in [0.1, 0.15) is 0 Å². The number of fused-ring (bicyclic) bond motifs is 2. The van der Waals surface area contributed by atoms with E-state index in [0.717, 1.165) is 17.7 Å². The van der Waals surface area contributed by atoms with E-state index in [4.69, 9.17) is 0 Å².